The molecule has 1 fully saturated rings. The number of nitrogens with one attached hydrogen (secondary N) is 1. The summed E-state index contributed by atoms with van der Waals surface area (Å²) in [7, 11) is 1.60. The zero-order valence-corrected chi connectivity index (χ0v) is 17.0. The van der Waals surface area contributed by atoms with Crippen molar-refractivity contribution >= 4 is 34.6 Å². The number of amides is 2. The van der Waals surface area contributed by atoms with Crippen LogP contribution in [0.4, 0.5) is 17.1 Å². The molecule has 0 aromatic heterocycles. The molecular weight excluding hydrogens is 366 g/mol. The van der Waals surface area contributed by atoms with Gasteiger partial charge >= 0.3 is 0 Å². The fourth-order valence-corrected chi connectivity index (χ4v) is 3.96. The summed E-state index contributed by atoms with van der Waals surface area (Å²) in [6, 6.07) is 11.1. The minimum absolute atomic E-state index is 0.0341. The first kappa shape index (κ1) is 19.2. The van der Waals surface area contributed by atoms with Gasteiger partial charge in [-0.3, -0.25) is 14.6 Å². The minimum atomic E-state index is -0.242. The summed E-state index contributed by atoms with van der Waals surface area (Å²) in [5.41, 5.74) is 5.29. The van der Waals surface area contributed by atoms with E-state index in [0.29, 0.717) is 11.4 Å². The molecule has 150 valence electrons. The van der Waals surface area contributed by atoms with Crippen LogP contribution in [0.25, 0.3) is 0 Å². The molecule has 0 unspecified atom stereocenters. The van der Waals surface area contributed by atoms with E-state index in [2.05, 4.69) is 5.32 Å². The number of fused-ring (bicyclic) bond motifs is 2. The number of benzene rings is 2. The molecule has 4 rings (SSSR count). The summed E-state index contributed by atoms with van der Waals surface area (Å²) < 4.78 is 5.15. The van der Waals surface area contributed by atoms with Gasteiger partial charge in [-0.15, -0.1) is 0 Å². The highest BCUT2D eigenvalue weighted by atomic mass is 16.5. The Bertz CT molecular complexity index is 995. The highest BCUT2D eigenvalue weighted by Crippen LogP contribution is 2.39. The number of ether oxygens (including phenoxy) is 1. The first-order chi connectivity index (χ1) is 14.0. The van der Waals surface area contributed by atoms with Gasteiger partial charge < -0.3 is 15.0 Å². The van der Waals surface area contributed by atoms with Crippen molar-refractivity contribution in [2.45, 2.75) is 33.1 Å². The van der Waals surface area contributed by atoms with Gasteiger partial charge in [-0.1, -0.05) is 0 Å². The third kappa shape index (κ3) is 3.75. The van der Waals surface area contributed by atoms with E-state index in [9.17, 15) is 9.59 Å². The number of anilines is 2. The molecule has 1 heterocycles. The lowest BCUT2D eigenvalue weighted by Crippen LogP contribution is -2.41. The maximum atomic E-state index is 13.3. The number of rotatable bonds is 4. The van der Waals surface area contributed by atoms with Gasteiger partial charge in [0.15, 0.2) is 0 Å². The fourth-order valence-electron chi connectivity index (χ4n) is 3.96. The molecule has 2 aromatic carbocycles. The van der Waals surface area contributed by atoms with E-state index < -0.39 is 0 Å². The van der Waals surface area contributed by atoms with Crippen LogP contribution < -0.4 is 15.0 Å². The number of aryl methyl sites for hydroxylation is 2. The second-order valence-electron chi connectivity index (χ2n) is 7.67. The van der Waals surface area contributed by atoms with Gasteiger partial charge in [0.2, 0.25) is 11.8 Å². The topological polar surface area (TPSA) is 71.0 Å². The molecule has 0 bridgehead atoms. The third-order valence-electron chi connectivity index (χ3n) is 5.71. The standard InChI is InChI=1S/C23H25N3O3/c1-14-11-20-21(12-15(14)2)26(23(28)18-5-4-6-19(18)25-20)13-22(27)24-16-7-9-17(29-3)10-8-16/h7-12,18H,4-6,13H2,1-3H3,(H,24,27)/t18-/m0/s1. The second kappa shape index (κ2) is 7.70. The Morgan fingerprint density at radius 3 is 2.66 bits per heavy atom. The van der Waals surface area contributed by atoms with Crippen molar-refractivity contribution in [1.29, 1.82) is 0 Å². The van der Waals surface area contributed by atoms with Crippen LogP contribution in [0.5, 0.6) is 5.75 Å². The van der Waals surface area contributed by atoms with Crippen LogP contribution in [0.1, 0.15) is 30.4 Å². The zero-order chi connectivity index (χ0) is 20.5. The number of nitrogens with zero attached hydrogens (tertiary/aromatic N) is 2. The summed E-state index contributed by atoms with van der Waals surface area (Å²) in [5, 5.41) is 2.87. The SMILES string of the molecule is COc1ccc(NC(=O)CN2C(=O)[C@H]3CCCC3=Nc3cc(C)c(C)cc32)cc1. The molecule has 6 heteroatoms. The molecule has 0 radical (unpaired) electrons. The molecule has 1 N–H and O–H groups in total. The normalized spacial score (nSPS) is 17.9. The number of carbonyl (C=O) groups excluding carboxylic acids is 2. The van der Waals surface area contributed by atoms with Gasteiger partial charge in [0.05, 0.1) is 24.4 Å². The quantitative estimate of drug-likeness (QED) is 0.850. The third-order valence-corrected chi connectivity index (χ3v) is 5.71. The maximum Gasteiger partial charge on any atom is 0.244 e. The smallest absolute Gasteiger partial charge is 0.244 e. The van der Waals surface area contributed by atoms with E-state index in [-0.39, 0.29) is 24.3 Å². The molecule has 1 saturated carbocycles. The van der Waals surface area contributed by atoms with Gasteiger partial charge in [0.1, 0.15) is 12.3 Å². The minimum Gasteiger partial charge on any atom is -0.497 e. The van der Waals surface area contributed by atoms with E-state index >= 15 is 0 Å². The molecular formula is C23H25N3O3. The lowest BCUT2D eigenvalue weighted by Gasteiger charge is -2.25. The molecule has 6 nitrogen and oxygen atoms in total. The number of carbonyl (C=O) groups is 2. The highest BCUT2D eigenvalue weighted by Gasteiger charge is 2.37. The molecule has 1 atom stereocenters. The average Bonchev–Trinajstić information content (AvgIpc) is 3.14. The van der Waals surface area contributed by atoms with Gasteiger partial charge in [0.25, 0.3) is 0 Å². The van der Waals surface area contributed by atoms with Gasteiger partial charge in [-0.2, -0.15) is 0 Å². The van der Waals surface area contributed by atoms with Gasteiger partial charge in [-0.25, -0.2) is 0 Å². The summed E-state index contributed by atoms with van der Waals surface area (Å²) in [6.45, 7) is 4.00. The summed E-state index contributed by atoms with van der Waals surface area (Å²) >= 11 is 0. The monoisotopic (exact) mass is 391 g/mol. The Labute approximate surface area is 170 Å². The predicted molar refractivity (Wildman–Crippen MR) is 114 cm³/mol. The van der Waals surface area contributed by atoms with Crippen molar-refractivity contribution in [2.24, 2.45) is 10.9 Å². The van der Waals surface area contributed by atoms with Crippen molar-refractivity contribution in [1.82, 2.24) is 0 Å². The molecule has 2 aromatic rings. The van der Waals surface area contributed by atoms with Crippen molar-refractivity contribution in [3.05, 3.63) is 47.5 Å². The Morgan fingerprint density at radius 2 is 1.93 bits per heavy atom. The van der Waals surface area contributed by atoms with Crippen molar-refractivity contribution in [3.8, 4) is 5.75 Å². The summed E-state index contributed by atoms with van der Waals surface area (Å²) in [6.07, 6.45) is 2.59. The Balaban J connectivity index is 1.62. The van der Waals surface area contributed by atoms with E-state index in [4.69, 9.17) is 9.73 Å². The number of hydrogen-bond donors (Lipinski definition) is 1. The molecule has 1 aliphatic heterocycles. The molecule has 1 aliphatic carbocycles. The molecule has 2 aliphatic rings. The van der Waals surface area contributed by atoms with Crippen molar-refractivity contribution < 1.29 is 14.3 Å². The van der Waals surface area contributed by atoms with Gasteiger partial charge in [0, 0.05) is 11.4 Å². The number of hydrogen-bond acceptors (Lipinski definition) is 4. The lowest BCUT2D eigenvalue weighted by molar-refractivity contribution is -0.122. The van der Waals surface area contributed by atoms with Crippen LogP contribution in [-0.4, -0.2) is 31.2 Å². The Hall–Kier alpha value is -3.15. The van der Waals surface area contributed by atoms with Crippen LogP contribution in [0.3, 0.4) is 0 Å². The largest absolute Gasteiger partial charge is 0.497 e. The van der Waals surface area contributed by atoms with E-state index in [1.165, 1.54) is 0 Å². The molecule has 0 saturated heterocycles. The number of aliphatic imine (C=N–C) groups is 1. The van der Waals surface area contributed by atoms with Crippen molar-refractivity contribution in [2.75, 3.05) is 23.9 Å². The van der Waals surface area contributed by atoms with Crippen LogP contribution in [0.2, 0.25) is 0 Å². The summed E-state index contributed by atoms with van der Waals surface area (Å²) in [4.78, 5) is 32.5. The lowest BCUT2D eigenvalue weighted by atomic mass is 10.0. The summed E-state index contributed by atoms with van der Waals surface area (Å²) in [5.74, 6) is 0.218. The van der Waals surface area contributed by atoms with E-state index in [0.717, 1.165) is 47.5 Å². The van der Waals surface area contributed by atoms with Crippen LogP contribution in [0, 0.1) is 19.8 Å². The van der Waals surface area contributed by atoms with E-state index in [1.807, 2.05) is 26.0 Å². The highest BCUT2D eigenvalue weighted by molar-refractivity contribution is 6.16. The van der Waals surface area contributed by atoms with E-state index in [1.54, 1.807) is 36.3 Å². The Kier molecular flexibility index (Phi) is 5.09. The maximum absolute atomic E-state index is 13.3. The molecule has 29 heavy (non-hydrogen) atoms. The first-order valence-corrected chi connectivity index (χ1v) is 9.90. The first-order valence-electron chi connectivity index (χ1n) is 9.90. The zero-order valence-electron chi connectivity index (χ0n) is 17.0. The van der Waals surface area contributed by atoms with Crippen LogP contribution in [0.15, 0.2) is 41.4 Å². The van der Waals surface area contributed by atoms with Crippen LogP contribution >= 0.6 is 0 Å². The predicted octanol–water partition coefficient (Wildman–Crippen LogP) is 4.17. The Morgan fingerprint density at radius 1 is 1.21 bits per heavy atom. The fraction of sp³-hybridized carbons (Fsp3) is 0.348. The van der Waals surface area contributed by atoms with Crippen LogP contribution in [-0.2, 0) is 9.59 Å². The van der Waals surface area contributed by atoms with Gasteiger partial charge in [-0.05, 0) is 80.6 Å². The van der Waals surface area contributed by atoms with Crippen molar-refractivity contribution in [3.63, 3.8) is 0 Å². The second-order valence-corrected chi connectivity index (χ2v) is 7.67. The number of methoxy groups -OCH3 is 1. The molecule has 2 amide bonds. The average molecular weight is 391 g/mol. The molecule has 0 spiro atoms.